The fourth-order valence-electron chi connectivity index (χ4n) is 2.87. The maximum atomic E-state index is 12.7. The molecule has 1 aliphatic heterocycles. The molecule has 1 heterocycles. The lowest BCUT2D eigenvalue weighted by Crippen LogP contribution is -2.35. The Balaban J connectivity index is 1.63. The van der Waals surface area contributed by atoms with Gasteiger partial charge in [-0.3, -0.25) is 4.79 Å². The lowest BCUT2D eigenvalue weighted by atomic mass is 10.2. The van der Waals surface area contributed by atoms with E-state index in [2.05, 4.69) is 5.32 Å². The van der Waals surface area contributed by atoms with Crippen LogP contribution in [-0.4, -0.2) is 38.3 Å². The number of hydrogen-bond donors (Lipinski definition) is 1. The van der Waals surface area contributed by atoms with Crippen LogP contribution in [0.15, 0.2) is 53.4 Å². The summed E-state index contributed by atoms with van der Waals surface area (Å²) in [4.78, 5) is 12.3. The van der Waals surface area contributed by atoms with E-state index in [-0.39, 0.29) is 17.4 Å². The van der Waals surface area contributed by atoms with Crippen LogP contribution in [0, 0.1) is 0 Å². The number of benzene rings is 2. The van der Waals surface area contributed by atoms with Crippen molar-refractivity contribution in [2.24, 2.45) is 0 Å². The van der Waals surface area contributed by atoms with E-state index >= 15 is 0 Å². The normalized spacial score (nSPS) is 15.3. The van der Waals surface area contributed by atoms with Crippen molar-refractivity contribution in [1.82, 2.24) is 4.31 Å². The van der Waals surface area contributed by atoms with Crippen LogP contribution in [0.5, 0.6) is 5.75 Å². The van der Waals surface area contributed by atoms with Crippen LogP contribution in [0.25, 0.3) is 0 Å². The van der Waals surface area contributed by atoms with Gasteiger partial charge in [0.25, 0.3) is 5.91 Å². The van der Waals surface area contributed by atoms with Crippen LogP contribution < -0.4 is 10.1 Å². The average Bonchev–Trinajstić information content (AvgIpc) is 2.68. The second kappa shape index (κ2) is 8.73. The summed E-state index contributed by atoms with van der Waals surface area (Å²) in [5.74, 6) is 0.147. The lowest BCUT2D eigenvalue weighted by molar-refractivity contribution is -0.118. The molecule has 8 heteroatoms. The molecule has 1 amide bonds. The summed E-state index contributed by atoms with van der Waals surface area (Å²) in [6.07, 6.45) is 2.80. The Kier molecular flexibility index (Phi) is 6.36. The third-order valence-corrected chi connectivity index (χ3v) is 6.40. The van der Waals surface area contributed by atoms with Gasteiger partial charge in [-0.2, -0.15) is 4.31 Å². The summed E-state index contributed by atoms with van der Waals surface area (Å²) >= 11 is 5.80. The molecule has 0 aliphatic carbocycles. The van der Waals surface area contributed by atoms with Crippen molar-refractivity contribution in [2.45, 2.75) is 24.2 Å². The number of carbonyl (C=O) groups excluding carboxylic acids is 1. The molecule has 0 spiro atoms. The second-order valence-corrected chi connectivity index (χ2v) is 8.66. The van der Waals surface area contributed by atoms with E-state index in [1.807, 2.05) is 0 Å². The van der Waals surface area contributed by atoms with Crippen molar-refractivity contribution < 1.29 is 17.9 Å². The molecule has 1 fully saturated rings. The molecular formula is C19H21ClN2O4S. The van der Waals surface area contributed by atoms with Gasteiger partial charge in [0, 0.05) is 23.8 Å². The number of halogens is 1. The number of ether oxygens (including phenoxy) is 1. The van der Waals surface area contributed by atoms with Gasteiger partial charge >= 0.3 is 0 Å². The number of nitrogens with one attached hydrogen (secondary N) is 1. The summed E-state index contributed by atoms with van der Waals surface area (Å²) in [6, 6.07) is 13.0. The number of nitrogens with zero attached hydrogens (tertiary/aromatic N) is 1. The highest BCUT2D eigenvalue weighted by molar-refractivity contribution is 7.89. The van der Waals surface area contributed by atoms with Crippen LogP contribution in [0.2, 0.25) is 5.02 Å². The van der Waals surface area contributed by atoms with Crippen LogP contribution >= 0.6 is 11.6 Å². The third-order valence-electron chi connectivity index (χ3n) is 4.25. The fourth-order valence-corrected chi connectivity index (χ4v) is 4.55. The molecule has 6 nitrogen and oxygen atoms in total. The van der Waals surface area contributed by atoms with Gasteiger partial charge in [-0.25, -0.2) is 8.42 Å². The van der Waals surface area contributed by atoms with Gasteiger partial charge in [0.05, 0.1) is 4.90 Å². The van der Waals surface area contributed by atoms with E-state index in [4.69, 9.17) is 16.3 Å². The zero-order valence-corrected chi connectivity index (χ0v) is 16.3. The van der Waals surface area contributed by atoms with Crippen molar-refractivity contribution in [1.29, 1.82) is 0 Å². The monoisotopic (exact) mass is 408 g/mol. The van der Waals surface area contributed by atoms with Crippen LogP contribution in [0.1, 0.15) is 19.3 Å². The maximum Gasteiger partial charge on any atom is 0.262 e. The minimum atomic E-state index is -3.54. The topological polar surface area (TPSA) is 75.7 Å². The van der Waals surface area contributed by atoms with Gasteiger partial charge in [0.15, 0.2) is 6.61 Å². The molecule has 1 aliphatic rings. The molecule has 0 radical (unpaired) electrons. The second-order valence-electron chi connectivity index (χ2n) is 6.28. The predicted octanol–water partition coefficient (Wildman–Crippen LogP) is 3.53. The Labute approximate surface area is 164 Å². The lowest BCUT2D eigenvalue weighted by Gasteiger charge is -2.26. The van der Waals surface area contributed by atoms with Crippen molar-refractivity contribution in [2.75, 3.05) is 25.0 Å². The van der Waals surface area contributed by atoms with Crippen LogP contribution in [0.3, 0.4) is 0 Å². The van der Waals surface area contributed by atoms with Gasteiger partial charge < -0.3 is 10.1 Å². The molecule has 3 rings (SSSR count). The van der Waals surface area contributed by atoms with Crippen molar-refractivity contribution in [3.05, 3.63) is 53.6 Å². The first kappa shape index (κ1) is 19.7. The first-order valence-corrected chi connectivity index (χ1v) is 10.6. The Bertz CT molecular complexity index is 894. The molecule has 2 aromatic carbocycles. The van der Waals surface area contributed by atoms with Gasteiger partial charge in [0.1, 0.15) is 5.75 Å². The Morgan fingerprint density at radius 3 is 2.48 bits per heavy atom. The van der Waals surface area contributed by atoms with Crippen molar-refractivity contribution in [3.8, 4) is 5.75 Å². The van der Waals surface area contributed by atoms with Gasteiger partial charge in [-0.15, -0.1) is 0 Å². The van der Waals surface area contributed by atoms with E-state index in [0.29, 0.717) is 29.5 Å². The molecule has 0 aromatic heterocycles. The molecule has 1 saturated heterocycles. The van der Waals surface area contributed by atoms with Gasteiger partial charge in [-0.1, -0.05) is 24.1 Å². The third kappa shape index (κ3) is 5.22. The van der Waals surface area contributed by atoms with Crippen LogP contribution in [0.4, 0.5) is 5.69 Å². The highest BCUT2D eigenvalue weighted by atomic mass is 35.5. The van der Waals surface area contributed by atoms with E-state index in [9.17, 15) is 13.2 Å². The number of carbonyl (C=O) groups is 1. The number of sulfonamides is 1. The molecule has 0 unspecified atom stereocenters. The number of hydrogen-bond acceptors (Lipinski definition) is 4. The van der Waals surface area contributed by atoms with E-state index in [0.717, 1.165) is 19.3 Å². The molecule has 0 saturated carbocycles. The van der Waals surface area contributed by atoms with E-state index in [1.54, 1.807) is 42.5 Å². The summed E-state index contributed by atoms with van der Waals surface area (Å²) in [7, 11) is -3.54. The van der Waals surface area contributed by atoms with Crippen molar-refractivity contribution in [3.63, 3.8) is 0 Å². The quantitative estimate of drug-likeness (QED) is 0.793. The Morgan fingerprint density at radius 1 is 1.07 bits per heavy atom. The molecular weight excluding hydrogens is 388 g/mol. The van der Waals surface area contributed by atoms with E-state index < -0.39 is 10.0 Å². The van der Waals surface area contributed by atoms with Crippen molar-refractivity contribution >= 4 is 33.2 Å². The molecule has 0 bridgehead atoms. The largest absolute Gasteiger partial charge is 0.484 e. The van der Waals surface area contributed by atoms with Gasteiger partial charge in [-0.05, 0) is 55.3 Å². The zero-order chi connectivity index (χ0) is 19.3. The Hall–Kier alpha value is -2.09. The summed E-state index contributed by atoms with van der Waals surface area (Å²) in [6.45, 7) is 0.881. The number of amides is 1. The molecule has 0 atom stereocenters. The summed E-state index contributed by atoms with van der Waals surface area (Å²) in [5, 5.41) is 3.25. The molecule has 2 aromatic rings. The SMILES string of the molecule is O=C(COc1ccc(Cl)cc1)Nc1cccc(S(=O)(=O)N2CCCCC2)c1. The number of piperidine rings is 1. The number of anilines is 1. The molecule has 1 N–H and O–H groups in total. The maximum absolute atomic E-state index is 12.7. The van der Waals surface area contributed by atoms with Gasteiger partial charge in [0.2, 0.25) is 10.0 Å². The zero-order valence-electron chi connectivity index (χ0n) is 14.7. The number of rotatable bonds is 6. The molecule has 144 valence electrons. The summed E-state index contributed by atoms with van der Waals surface area (Å²) in [5.41, 5.74) is 0.415. The Morgan fingerprint density at radius 2 is 1.78 bits per heavy atom. The predicted molar refractivity (Wildman–Crippen MR) is 105 cm³/mol. The summed E-state index contributed by atoms with van der Waals surface area (Å²) < 4.78 is 32.4. The first-order chi connectivity index (χ1) is 12.9. The molecule has 27 heavy (non-hydrogen) atoms. The minimum absolute atomic E-state index is 0.181. The standard InChI is InChI=1S/C19H21ClN2O4S/c20-15-7-9-17(10-8-15)26-14-19(23)21-16-5-4-6-18(13-16)27(24,25)22-11-2-1-3-12-22/h4-10,13H,1-3,11-12,14H2,(H,21,23). The fraction of sp³-hybridized carbons (Fsp3) is 0.316. The smallest absolute Gasteiger partial charge is 0.262 e. The van der Waals surface area contributed by atoms with Crippen LogP contribution in [-0.2, 0) is 14.8 Å². The first-order valence-electron chi connectivity index (χ1n) is 8.73. The highest BCUT2D eigenvalue weighted by Crippen LogP contribution is 2.23. The average molecular weight is 409 g/mol. The van der Waals surface area contributed by atoms with E-state index in [1.165, 1.54) is 10.4 Å². The highest BCUT2D eigenvalue weighted by Gasteiger charge is 2.26. The minimum Gasteiger partial charge on any atom is -0.484 e.